The fourth-order valence-electron chi connectivity index (χ4n) is 3.18. The van der Waals surface area contributed by atoms with Crippen molar-refractivity contribution in [2.45, 2.75) is 55.8 Å². The second kappa shape index (κ2) is 5.68. The molecular weight excluding hydrogens is 286 g/mol. The lowest BCUT2D eigenvalue weighted by atomic mass is 10.1. The molecule has 2 aliphatic rings. The van der Waals surface area contributed by atoms with E-state index in [0.29, 0.717) is 12.1 Å². The number of likely N-dealkylation sites (tertiary alicyclic amines) is 1. The SMILES string of the molecule is CC1CC(NCc2ccc(S(N)(=O)=O)cc2)CN1C1CC1. The van der Waals surface area contributed by atoms with Gasteiger partial charge in [0.05, 0.1) is 4.90 Å². The molecule has 1 aromatic rings. The first-order valence-corrected chi connectivity index (χ1v) is 9.09. The first-order chi connectivity index (χ1) is 9.93. The molecular formula is C15H23N3O2S. The quantitative estimate of drug-likeness (QED) is 0.852. The smallest absolute Gasteiger partial charge is 0.238 e. The van der Waals surface area contributed by atoms with Crippen molar-refractivity contribution in [3.05, 3.63) is 29.8 Å². The minimum absolute atomic E-state index is 0.167. The maximum atomic E-state index is 11.2. The summed E-state index contributed by atoms with van der Waals surface area (Å²) in [5.41, 5.74) is 1.08. The molecule has 21 heavy (non-hydrogen) atoms. The first-order valence-electron chi connectivity index (χ1n) is 7.54. The van der Waals surface area contributed by atoms with Gasteiger partial charge in [0.1, 0.15) is 0 Å². The number of hydrogen-bond donors (Lipinski definition) is 2. The molecule has 1 saturated carbocycles. The minimum atomic E-state index is -3.59. The van der Waals surface area contributed by atoms with E-state index in [1.165, 1.54) is 19.3 Å². The van der Waals surface area contributed by atoms with Gasteiger partial charge in [0.2, 0.25) is 10.0 Å². The Morgan fingerprint density at radius 2 is 1.95 bits per heavy atom. The summed E-state index contributed by atoms with van der Waals surface area (Å²) in [5, 5.41) is 8.67. The van der Waals surface area contributed by atoms with Crippen molar-refractivity contribution < 1.29 is 8.42 Å². The zero-order chi connectivity index (χ0) is 15.0. The maximum Gasteiger partial charge on any atom is 0.238 e. The average Bonchev–Trinajstić information content (AvgIpc) is 3.20. The van der Waals surface area contributed by atoms with Crippen LogP contribution >= 0.6 is 0 Å². The average molecular weight is 309 g/mol. The van der Waals surface area contributed by atoms with E-state index in [2.05, 4.69) is 17.1 Å². The third-order valence-corrected chi connectivity index (χ3v) is 5.41. The van der Waals surface area contributed by atoms with Crippen LogP contribution in [0.5, 0.6) is 0 Å². The summed E-state index contributed by atoms with van der Waals surface area (Å²) < 4.78 is 22.4. The van der Waals surface area contributed by atoms with E-state index in [1.807, 2.05) is 12.1 Å². The Bertz CT molecular complexity index is 596. The van der Waals surface area contributed by atoms with E-state index in [1.54, 1.807) is 12.1 Å². The number of nitrogens with one attached hydrogen (secondary N) is 1. The monoisotopic (exact) mass is 309 g/mol. The topological polar surface area (TPSA) is 75.4 Å². The van der Waals surface area contributed by atoms with Gasteiger partial charge < -0.3 is 5.32 Å². The number of primary sulfonamides is 1. The highest BCUT2D eigenvalue weighted by Gasteiger charge is 2.38. The molecule has 0 spiro atoms. The third kappa shape index (κ3) is 3.63. The Hall–Kier alpha value is -0.950. The Kier molecular flexibility index (Phi) is 4.05. The fraction of sp³-hybridized carbons (Fsp3) is 0.600. The molecule has 0 amide bonds. The van der Waals surface area contributed by atoms with Crippen molar-refractivity contribution in [2.24, 2.45) is 5.14 Å². The molecule has 1 heterocycles. The van der Waals surface area contributed by atoms with Gasteiger partial charge in [-0.3, -0.25) is 4.90 Å². The Labute approximate surface area is 126 Å². The fourth-order valence-corrected chi connectivity index (χ4v) is 3.69. The van der Waals surface area contributed by atoms with Crippen LogP contribution in [0.25, 0.3) is 0 Å². The second-order valence-electron chi connectivity index (χ2n) is 6.28. The zero-order valence-electron chi connectivity index (χ0n) is 12.3. The van der Waals surface area contributed by atoms with E-state index >= 15 is 0 Å². The molecule has 0 aromatic heterocycles. The molecule has 6 heteroatoms. The van der Waals surface area contributed by atoms with Crippen LogP contribution in [0.1, 0.15) is 31.7 Å². The van der Waals surface area contributed by atoms with Gasteiger partial charge in [-0.2, -0.15) is 0 Å². The van der Waals surface area contributed by atoms with Crippen LogP contribution in [-0.4, -0.2) is 38.0 Å². The van der Waals surface area contributed by atoms with Crippen LogP contribution in [0.4, 0.5) is 0 Å². The van der Waals surface area contributed by atoms with Crippen molar-refractivity contribution in [1.29, 1.82) is 0 Å². The summed E-state index contributed by atoms with van der Waals surface area (Å²) in [5.74, 6) is 0. The molecule has 2 fully saturated rings. The molecule has 116 valence electrons. The van der Waals surface area contributed by atoms with Crippen LogP contribution in [0.3, 0.4) is 0 Å². The largest absolute Gasteiger partial charge is 0.309 e. The van der Waals surface area contributed by atoms with Crippen LogP contribution in [0, 0.1) is 0 Å². The predicted molar refractivity (Wildman–Crippen MR) is 82.2 cm³/mol. The molecule has 3 N–H and O–H groups in total. The van der Waals surface area contributed by atoms with Gasteiger partial charge >= 0.3 is 0 Å². The number of nitrogens with two attached hydrogens (primary N) is 1. The number of hydrogen-bond acceptors (Lipinski definition) is 4. The normalized spacial score (nSPS) is 27.1. The summed E-state index contributed by atoms with van der Waals surface area (Å²) in [4.78, 5) is 2.78. The lowest BCUT2D eigenvalue weighted by Crippen LogP contribution is -2.33. The summed E-state index contributed by atoms with van der Waals surface area (Å²) in [6.45, 7) is 4.20. The summed E-state index contributed by atoms with van der Waals surface area (Å²) in [6.07, 6.45) is 3.89. The highest BCUT2D eigenvalue weighted by atomic mass is 32.2. The predicted octanol–water partition coefficient (Wildman–Crippen LogP) is 1.05. The second-order valence-corrected chi connectivity index (χ2v) is 7.84. The van der Waals surface area contributed by atoms with Gasteiger partial charge in [-0.05, 0) is 43.9 Å². The van der Waals surface area contributed by atoms with Crippen LogP contribution < -0.4 is 10.5 Å². The van der Waals surface area contributed by atoms with Gasteiger partial charge in [-0.25, -0.2) is 13.6 Å². The molecule has 1 saturated heterocycles. The molecule has 0 radical (unpaired) electrons. The maximum absolute atomic E-state index is 11.2. The van der Waals surface area contributed by atoms with Crippen molar-refractivity contribution in [2.75, 3.05) is 6.54 Å². The van der Waals surface area contributed by atoms with Gasteiger partial charge in [0.15, 0.2) is 0 Å². The van der Waals surface area contributed by atoms with Crippen molar-refractivity contribution in [3.8, 4) is 0 Å². The molecule has 1 aliphatic carbocycles. The molecule has 1 aliphatic heterocycles. The lowest BCUT2D eigenvalue weighted by Gasteiger charge is -2.19. The van der Waals surface area contributed by atoms with Crippen molar-refractivity contribution in [3.63, 3.8) is 0 Å². The van der Waals surface area contributed by atoms with E-state index in [9.17, 15) is 8.42 Å². The highest BCUT2D eigenvalue weighted by molar-refractivity contribution is 7.89. The van der Waals surface area contributed by atoms with Crippen molar-refractivity contribution >= 4 is 10.0 Å². The molecule has 3 rings (SSSR count). The van der Waals surface area contributed by atoms with Gasteiger partial charge in [0, 0.05) is 31.2 Å². The Morgan fingerprint density at radius 3 is 2.52 bits per heavy atom. The molecule has 2 unspecified atom stereocenters. The first kappa shape index (κ1) is 15.0. The van der Waals surface area contributed by atoms with E-state index in [0.717, 1.165) is 24.7 Å². The summed E-state index contributed by atoms with van der Waals surface area (Å²) in [7, 11) is -3.59. The lowest BCUT2D eigenvalue weighted by molar-refractivity contribution is 0.255. The summed E-state index contributed by atoms with van der Waals surface area (Å²) in [6, 6.07) is 8.80. The standard InChI is InChI=1S/C15H23N3O2S/c1-11-8-13(10-18(11)14-4-5-14)17-9-12-2-6-15(7-3-12)21(16,19)20/h2-3,6-7,11,13-14,17H,4-5,8-10H2,1H3,(H2,16,19,20). The molecule has 1 aromatic carbocycles. The molecule has 0 bridgehead atoms. The van der Waals surface area contributed by atoms with Crippen molar-refractivity contribution in [1.82, 2.24) is 10.2 Å². The third-order valence-electron chi connectivity index (χ3n) is 4.49. The Balaban J connectivity index is 1.53. The van der Waals surface area contributed by atoms with E-state index in [-0.39, 0.29) is 4.90 Å². The van der Waals surface area contributed by atoms with E-state index in [4.69, 9.17) is 5.14 Å². The number of benzene rings is 1. The van der Waals surface area contributed by atoms with Crippen LogP contribution in [0.2, 0.25) is 0 Å². The minimum Gasteiger partial charge on any atom is -0.309 e. The number of nitrogens with zero attached hydrogens (tertiary/aromatic N) is 1. The van der Waals surface area contributed by atoms with Crippen LogP contribution in [0.15, 0.2) is 29.2 Å². The zero-order valence-corrected chi connectivity index (χ0v) is 13.1. The molecule has 2 atom stereocenters. The summed E-state index contributed by atoms with van der Waals surface area (Å²) >= 11 is 0. The molecule has 5 nitrogen and oxygen atoms in total. The van der Waals surface area contributed by atoms with E-state index < -0.39 is 10.0 Å². The van der Waals surface area contributed by atoms with Gasteiger partial charge in [-0.1, -0.05) is 12.1 Å². The van der Waals surface area contributed by atoms with Gasteiger partial charge in [0.25, 0.3) is 0 Å². The van der Waals surface area contributed by atoms with Crippen LogP contribution in [-0.2, 0) is 16.6 Å². The highest BCUT2D eigenvalue weighted by Crippen LogP contribution is 2.33. The van der Waals surface area contributed by atoms with Gasteiger partial charge in [-0.15, -0.1) is 0 Å². The number of sulfonamides is 1. The number of rotatable bonds is 5. The Morgan fingerprint density at radius 1 is 1.29 bits per heavy atom.